The van der Waals surface area contributed by atoms with Crippen molar-refractivity contribution >= 4 is 27.6 Å². The van der Waals surface area contributed by atoms with Crippen molar-refractivity contribution in [3.8, 4) is 5.69 Å². The summed E-state index contributed by atoms with van der Waals surface area (Å²) >= 11 is 3.57. The van der Waals surface area contributed by atoms with E-state index < -0.39 is 0 Å². The highest BCUT2D eigenvalue weighted by atomic mass is 79.9. The molecule has 0 fully saturated rings. The zero-order valence-electron chi connectivity index (χ0n) is 11.0. The Morgan fingerprint density at radius 1 is 1.10 bits per heavy atom. The van der Waals surface area contributed by atoms with Crippen LogP contribution in [0.1, 0.15) is 5.56 Å². The second-order valence-corrected chi connectivity index (χ2v) is 5.42. The second kappa shape index (κ2) is 5.51. The molecule has 0 atom stereocenters. The van der Waals surface area contributed by atoms with Gasteiger partial charge in [-0.3, -0.25) is 4.57 Å². The van der Waals surface area contributed by atoms with Gasteiger partial charge in [0.25, 0.3) is 0 Å². The van der Waals surface area contributed by atoms with E-state index in [9.17, 15) is 0 Å². The number of rotatable bonds is 3. The molecule has 0 bridgehead atoms. The van der Waals surface area contributed by atoms with Crippen LogP contribution in [-0.2, 0) is 0 Å². The number of nitrogens with one attached hydrogen (secondary N) is 1. The van der Waals surface area contributed by atoms with Gasteiger partial charge in [-0.05, 0) is 52.7 Å². The number of imidazole rings is 1. The second-order valence-electron chi connectivity index (χ2n) is 4.56. The third-order valence-corrected chi connectivity index (χ3v) is 3.70. The Balaban J connectivity index is 1.95. The molecular formula is C16H14BrN3. The van der Waals surface area contributed by atoms with E-state index in [1.807, 2.05) is 35.0 Å². The summed E-state index contributed by atoms with van der Waals surface area (Å²) in [5.74, 6) is 0.792. The molecule has 0 aliphatic carbocycles. The first-order valence-corrected chi connectivity index (χ1v) is 7.15. The molecule has 0 aliphatic rings. The summed E-state index contributed by atoms with van der Waals surface area (Å²) in [5.41, 5.74) is 3.29. The van der Waals surface area contributed by atoms with Gasteiger partial charge in [0, 0.05) is 22.6 Å². The molecule has 20 heavy (non-hydrogen) atoms. The molecule has 0 aliphatic heterocycles. The minimum atomic E-state index is 0.792. The SMILES string of the molecule is Cc1ccc(Nc2nccn2-c2ccccc2)c(Br)c1. The van der Waals surface area contributed by atoms with Crippen LogP contribution in [0.5, 0.6) is 0 Å². The third kappa shape index (κ3) is 2.60. The molecular weight excluding hydrogens is 314 g/mol. The Bertz CT molecular complexity index is 720. The maximum atomic E-state index is 4.38. The molecule has 1 heterocycles. The van der Waals surface area contributed by atoms with Crippen LogP contribution in [0.15, 0.2) is 65.4 Å². The highest BCUT2D eigenvalue weighted by Crippen LogP contribution is 2.27. The van der Waals surface area contributed by atoms with Crippen molar-refractivity contribution in [2.45, 2.75) is 6.92 Å². The lowest BCUT2D eigenvalue weighted by Gasteiger charge is -2.11. The number of benzene rings is 2. The van der Waals surface area contributed by atoms with E-state index in [0.717, 1.165) is 21.8 Å². The van der Waals surface area contributed by atoms with Crippen molar-refractivity contribution in [1.82, 2.24) is 9.55 Å². The first-order valence-electron chi connectivity index (χ1n) is 6.36. The number of nitrogens with zero attached hydrogens (tertiary/aromatic N) is 2. The van der Waals surface area contributed by atoms with Gasteiger partial charge in [-0.1, -0.05) is 24.3 Å². The number of aromatic nitrogens is 2. The van der Waals surface area contributed by atoms with E-state index in [1.165, 1.54) is 5.56 Å². The van der Waals surface area contributed by atoms with Crippen molar-refractivity contribution in [2.75, 3.05) is 5.32 Å². The van der Waals surface area contributed by atoms with E-state index in [4.69, 9.17) is 0 Å². The lowest BCUT2D eigenvalue weighted by Crippen LogP contribution is -2.01. The van der Waals surface area contributed by atoms with Crippen LogP contribution in [0.4, 0.5) is 11.6 Å². The number of halogens is 1. The predicted molar refractivity (Wildman–Crippen MR) is 85.7 cm³/mol. The zero-order chi connectivity index (χ0) is 13.9. The highest BCUT2D eigenvalue weighted by molar-refractivity contribution is 9.10. The molecule has 3 rings (SSSR count). The molecule has 3 aromatic rings. The summed E-state index contributed by atoms with van der Waals surface area (Å²) in [5, 5.41) is 3.35. The Kier molecular flexibility index (Phi) is 3.56. The van der Waals surface area contributed by atoms with Gasteiger partial charge in [0.15, 0.2) is 0 Å². The summed E-state index contributed by atoms with van der Waals surface area (Å²) in [6.07, 6.45) is 3.73. The predicted octanol–water partition coefficient (Wildman–Crippen LogP) is 4.69. The fraction of sp³-hybridized carbons (Fsp3) is 0.0625. The lowest BCUT2D eigenvalue weighted by molar-refractivity contribution is 1.06. The van der Waals surface area contributed by atoms with E-state index in [0.29, 0.717) is 0 Å². The van der Waals surface area contributed by atoms with Gasteiger partial charge in [0.2, 0.25) is 5.95 Å². The van der Waals surface area contributed by atoms with Crippen molar-refractivity contribution in [1.29, 1.82) is 0 Å². The molecule has 2 aromatic carbocycles. The van der Waals surface area contributed by atoms with Gasteiger partial charge in [0.1, 0.15) is 0 Å². The first kappa shape index (κ1) is 12.9. The molecule has 0 radical (unpaired) electrons. The molecule has 0 unspecified atom stereocenters. The van der Waals surface area contributed by atoms with Gasteiger partial charge >= 0.3 is 0 Å². The van der Waals surface area contributed by atoms with Crippen LogP contribution < -0.4 is 5.32 Å². The summed E-state index contributed by atoms with van der Waals surface area (Å²) in [6, 6.07) is 16.3. The van der Waals surface area contributed by atoms with Gasteiger partial charge in [-0.2, -0.15) is 0 Å². The number of anilines is 2. The van der Waals surface area contributed by atoms with Crippen LogP contribution in [0.3, 0.4) is 0 Å². The molecule has 3 nitrogen and oxygen atoms in total. The quantitative estimate of drug-likeness (QED) is 0.756. The van der Waals surface area contributed by atoms with Crippen molar-refractivity contribution in [3.05, 3.63) is 71.0 Å². The minimum Gasteiger partial charge on any atom is -0.324 e. The maximum Gasteiger partial charge on any atom is 0.212 e. The molecule has 1 aromatic heterocycles. The fourth-order valence-electron chi connectivity index (χ4n) is 2.03. The van der Waals surface area contributed by atoms with Crippen LogP contribution in [-0.4, -0.2) is 9.55 Å². The van der Waals surface area contributed by atoms with Gasteiger partial charge in [-0.15, -0.1) is 0 Å². The fourth-order valence-corrected chi connectivity index (χ4v) is 2.63. The molecule has 4 heteroatoms. The normalized spacial score (nSPS) is 10.5. The Hall–Kier alpha value is -2.07. The van der Waals surface area contributed by atoms with Crippen molar-refractivity contribution in [3.63, 3.8) is 0 Å². The van der Waals surface area contributed by atoms with Crippen molar-refractivity contribution < 1.29 is 0 Å². The van der Waals surface area contributed by atoms with Crippen LogP contribution >= 0.6 is 15.9 Å². The largest absolute Gasteiger partial charge is 0.324 e. The van der Waals surface area contributed by atoms with E-state index >= 15 is 0 Å². The summed E-state index contributed by atoms with van der Waals surface area (Å²) < 4.78 is 3.05. The average molecular weight is 328 g/mol. The van der Waals surface area contributed by atoms with Gasteiger partial charge < -0.3 is 5.32 Å². The van der Waals surface area contributed by atoms with E-state index in [1.54, 1.807) is 6.20 Å². The molecule has 100 valence electrons. The van der Waals surface area contributed by atoms with Gasteiger partial charge in [0.05, 0.1) is 5.69 Å². The van der Waals surface area contributed by atoms with Gasteiger partial charge in [-0.25, -0.2) is 4.98 Å². The zero-order valence-corrected chi connectivity index (χ0v) is 12.6. The van der Waals surface area contributed by atoms with E-state index in [2.05, 4.69) is 57.4 Å². The summed E-state index contributed by atoms with van der Waals surface area (Å²) in [6.45, 7) is 2.07. The Morgan fingerprint density at radius 2 is 1.90 bits per heavy atom. The van der Waals surface area contributed by atoms with Crippen LogP contribution in [0.25, 0.3) is 5.69 Å². The standard InChI is InChI=1S/C16H14BrN3/c1-12-7-8-15(14(17)11-12)19-16-18-9-10-20(16)13-5-3-2-4-6-13/h2-11H,1H3,(H,18,19). The van der Waals surface area contributed by atoms with E-state index in [-0.39, 0.29) is 0 Å². The average Bonchev–Trinajstić information content (AvgIpc) is 2.91. The number of para-hydroxylation sites is 1. The molecule has 1 N–H and O–H groups in total. The van der Waals surface area contributed by atoms with Crippen LogP contribution in [0, 0.1) is 6.92 Å². The van der Waals surface area contributed by atoms with Crippen molar-refractivity contribution in [2.24, 2.45) is 0 Å². The highest BCUT2D eigenvalue weighted by Gasteiger charge is 2.07. The summed E-state index contributed by atoms with van der Waals surface area (Å²) in [7, 11) is 0. The number of hydrogen-bond acceptors (Lipinski definition) is 2. The first-order chi connectivity index (χ1) is 9.74. The third-order valence-electron chi connectivity index (χ3n) is 3.05. The smallest absolute Gasteiger partial charge is 0.212 e. The lowest BCUT2D eigenvalue weighted by atomic mass is 10.2. The molecule has 0 saturated carbocycles. The Labute approximate surface area is 126 Å². The number of hydrogen-bond donors (Lipinski definition) is 1. The monoisotopic (exact) mass is 327 g/mol. The number of aryl methyl sites for hydroxylation is 1. The molecule has 0 spiro atoms. The van der Waals surface area contributed by atoms with Crippen LogP contribution in [0.2, 0.25) is 0 Å². The maximum absolute atomic E-state index is 4.38. The molecule has 0 saturated heterocycles. The minimum absolute atomic E-state index is 0.792. The summed E-state index contributed by atoms with van der Waals surface area (Å²) in [4.78, 5) is 4.38. The topological polar surface area (TPSA) is 29.9 Å². The Morgan fingerprint density at radius 3 is 2.65 bits per heavy atom. The molecule has 0 amide bonds.